The van der Waals surface area contributed by atoms with Crippen LogP contribution in [0.4, 0.5) is 11.4 Å². The molecule has 3 aliphatic heterocycles. The molecule has 1 aromatic carbocycles. The number of nitrogens with zero attached hydrogens (tertiary/aromatic N) is 2. The zero-order valence-corrected chi connectivity index (χ0v) is 14.4. The number of sulfone groups is 1. The van der Waals surface area contributed by atoms with Crippen molar-refractivity contribution >= 4 is 33.0 Å². The molecule has 3 saturated heterocycles. The van der Waals surface area contributed by atoms with Crippen molar-refractivity contribution in [3.63, 3.8) is 0 Å². The highest BCUT2D eigenvalue weighted by Crippen LogP contribution is 2.38. The van der Waals surface area contributed by atoms with E-state index in [2.05, 4.69) is 0 Å². The maximum absolute atomic E-state index is 12.4. The fourth-order valence-corrected chi connectivity index (χ4v) is 6.29. The molecule has 0 aliphatic carbocycles. The molecule has 7 heteroatoms. The monoisotopic (exact) mass is 348 g/mol. The van der Waals surface area contributed by atoms with Gasteiger partial charge in [0, 0.05) is 36.7 Å². The van der Waals surface area contributed by atoms with Gasteiger partial charge < -0.3 is 9.80 Å². The van der Waals surface area contributed by atoms with Crippen molar-refractivity contribution in [2.45, 2.75) is 32.2 Å². The lowest BCUT2D eigenvalue weighted by atomic mass is 10.0. The number of rotatable bonds is 2. The number of benzene rings is 1. The first kappa shape index (κ1) is 15.6. The molecule has 6 nitrogen and oxygen atoms in total. The molecule has 0 bridgehead atoms. The van der Waals surface area contributed by atoms with E-state index >= 15 is 0 Å². The van der Waals surface area contributed by atoms with Crippen LogP contribution in [-0.4, -0.2) is 44.3 Å². The molecule has 0 radical (unpaired) electrons. The number of amides is 2. The second kappa shape index (κ2) is 5.31. The summed E-state index contributed by atoms with van der Waals surface area (Å²) in [5.74, 6) is 0.186. The maximum atomic E-state index is 12.4. The van der Waals surface area contributed by atoms with Gasteiger partial charge in [0.1, 0.15) is 0 Å². The average molecular weight is 348 g/mol. The van der Waals surface area contributed by atoms with Gasteiger partial charge in [-0.05, 0) is 37.1 Å². The molecule has 0 spiro atoms. The van der Waals surface area contributed by atoms with E-state index in [0.717, 1.165) is 29.9 Å². The van der Waals surface area contributed by atoms with E-state index in [1.807, 2.05) is 25.1 Å². The van der Waals surface area contributed by atoms with E-state index in [-0.39, 0.29) is 35.3 Å². The second-order valence-corrected chi connectivity index (χ2v) is 9.15. The van der Waals surface area contributed by atoms with E-state index in [9.17, 15) is 18.0 Å². The molecule has 3 fully saturated rings. The molecule has 128 valence electrons. The Hall–Kier alpha value is -1.89. The van der Waals surface area contributed by atoms with Crippen molar-refractivity contribution < 1.29 is 18.0 Å². The molecule has 3 aliphatic rings. The number of carbonyl (C=O) groups is 2. The quantitative estimate of drug-likeness (QED) is 0.807. The Labute approximate surface area is 141 Å². The van der Waals surface area contributed by atoms with Crippen molar-refractivity contribution in [2.24, 2.45) is 5.92 Å². The van der Waals surface area contributed by atoms with Gasteiger partial charge in [0.15, 0.2) is 9.84 Å². The first-order valence-corrected chi connectivity index (χ1v) is 10.1. The van der Waals surface area contributed by atoms with Crippen molar-refractivity contribution in [2.75, 3.05) is 27.9 Å². The van der Waals surface area contributed by atoms with E-state index in [0.29, 0.717) is 12.8 Å². The van der Waals surface area contributed by atoms with Crippen LogP contribution in [-0.2, 0) is 19.4 Å². The minimum Gasteiger partial charge on any atom is -0.312 e. The van der Waals surface area contributed by atoms with Crippen LogP contribution in [0.5, 0.6) is 0 Å². The van der Waals surface area contributed by atoms with Crippen molar-refractivity contribution in [1.29, 1.82) is 0 Å². The Kier molecular flexibility index (Phi) is 3.46. The summed E-state index contributed by atoms with van der Waals surface area (Å²) >= 11 is 0. The summed E-state index contributed by atoms with van der Waals surface area (Å²) in [7, 11) is -3.06. The van der Waals surface area contributed by atoms with E-state index in [1.165, 1.54) is 0 Å². The largest absolute Gasteiger partial charge is 0.312 e. The first-order valence-electron chi connectivity index (χ1n) is 8.29. The van der Waals surface area contributed by atoms with Crippen LogP contribution in [0.1, 0.15) is 24.8 Å². The highest BCUT2D eigenvalue weighted by molar-refractivity contribution is 7.91. The van der Waals surface area contributed by atoms with Gasteiger partial charge in [-0.2, -0.15) is 0 Å². The predicted molar refractivity (Wildman–Crippen MR) is 90.8 cm³/mol. The smallest absolute Gasteiger partial charge is 0.227 e. The van der Waals surface area contributed by atoms with Crippen LogP contribution in [0, 0.1) is 12.8 Å². The van der Waals surface area contributed by atoms with Crippen LogP contribution in [0.15, 0.2) is 18.2 Å². The van der Waals surface area contributed by atoms with Gasteiger partial charge in [-0.15, -0.1) is 0 Å². The number of hydrogen-bond donors (Lipinski definition) is 0. The normalized spacial score (nSPS) is 28.7. The third-order valence-electron chi connectivity index (χ3n) is 5.30. The van der Waals surface area contributed by atoms with Gasteiger partial charge >= 0.3 is 0 Å². The fraction of sp³-hybridized carbons (Fsp3) is 0.529. The van der Waals surface area contributed by atoms with Crippen molar-refractivity contribution in [1.82, 2.24) is 0 Å². The summed E-state index contributed by atoms with van der Waals surface area (Å²) in [6.45, 7) is 2.65. The van der Waals surface area contributed by atoms with Gasteiger partial charge in [-0.1, -0.05) is 0 Å². The molecule has 2 atom stereocenters. The lowest BCUT2D eigenvalue weighted by molar-refractivity contribution is -0.118. The highest BCUT2D eigenvalue weighted by atomic mass is 32.2. The Morgan fingerprint density at radius 1 is 1.12 bits per heavy atom. The number of aryl methyl sites for hydroxylation is 1. The SMILES string of the molecule is Cc1cc(N2C(=O)CC3CS(=O)(=O)CC32)ccc1N1CCCC1=O. The Morgan fingerprint density at radius 3 is 2.58 bits per heavy atom. The van der Waals surface area contributed by atoms with Crippen molar-refractivity contribution in [3.8, 4) is 0 Å². The third kappa shape index (κ3) is 2.42. The zero-order valence-electron chi connectivity index (χ0n) is 13.6. The summed E-state index contributed by atoms with van der Waals surface area (Å²) in [6.07, 6.45) is 1.75. The molecule has 3 heterocycles. The lowest BCUT2D eigenvalue weighted by Gasteiger charge is -2.25. The lowest BCUT2D eigenvalue weighted by Crippen LogP contribution is -2.36. The fourth-order valence-electron chi connectivity index (χ4n) is 4.22. The summed E-state index contributed by atoms with van der Waals surface area (Å²) in [4.78, 5) is 27.7. The minimum absolute atomic E-state index is 0.00991. The average Bonchev–Trinajstić information content (AvgIpc) is 3.10. The predicted octanol–water partition coefficient (Wildman–Crippen LogP) is 1.27. The molecule has 0 N–H and O–H groups in total. The number of fused-ring (bicyclic) bond motifs is 1. The summed E-state index contributed by atoms with van der Waals surface area (Å²) in [6, 6.07) is 5.35. The number of hydrogen-bond acceptors (Lipinski definition) is 4. The van der Waals surface area contributed by atoms with Crippen molar-refractivity contribution in [3.05, 3.63) is 23.8 Å². The molecule has 24 heavy (non-hydrogen) atoms. The summed E-state index contributed by atoms with van der Waals surface area (Å²) in [5.41, 5.74) is 2.54. The van der Waals surface area contributed by atoms with E-state index in [1.54, 1.807) is 9.80 Å². The minimum atomic E-state index is -3.06. The van der Waals surface area contributed by atoms with Gasteiger partial charge in [0.05, 0.1) is 17.5 Å². The van der Waals surface area contributed by atoms with Crippen LogP contribution >= 0.6 is 0 Å². The molecular weight excluding hydrogens is 328 g/mol. The topological polar surface area (TPSA) is 74.8 Å². The van der Waals surface area contributed by atoms with Crippen LogP contribution in [0.3, 0.4) is 0 Å². The number of anilines is 2. The Bertz CT molecular complexity index is 833. The summed E-state index contributed by atoms with van der Waals surface area (Å²) < 4.78 is 23.8. The second-order valence-electron chi connectivity index (χ2n) is 6.99. The maximum Gasteiger partial charge on any atom is 0.227 e. The van der Waals surface area contributed by atoms with Crippen LogP contribution < -0.4 is 9.80 Å². The van der Waals surface area contributed by atoms with Gasteiger partial charge in [0.2, 0.25) is 11.8 Å². The van der Waals surface area contributed by atoms with Gasteiger partial charge in [-0.25, -0.2) is 8.42 Å². The standard InChI is InChI=1S/C17H20N2O4S/c1-11-7-13(4-5-14(11)18-6-2-3-16(18)20)19-15-10-24(22,23)9-12(15)8-17(19)21/h4-5,7,12,15H,2-3,6,8-10H2,1H3. The molecule has 0 aromatic heterocycles. The Morgan fingerprint density at radius 2 is 1.92 bits per heavy atom. The van der Waals surface area contributed by atoms with E-state index < -0.39 is 9.84 Å². The molecule has 2 amide bonds. The van der Waals surface area contributed by atoms with Crippen LogP contribution in [0.2, 0.25) is 0 Å². The van der Waals surface area contributed by atoms with Gasteiger partial charge in [-0.3, -0.25) is 9.59 Å². The molecular formula is C17H20N2O4S. The summed E-state index contributed by atoms with van der Waals surface area (Å²) in [5, 5.41) is 0. The van der Waals surface area contributed by atoms with Crippen LogP contribution in [0.25, 0.3) is 0 Å². The number of carbonyl (C=O) groups excluding carboxylic acids is 2. The van der Waals surface area contributed by atoms with Gasteiger partial charge in [0.25, 0.3) is 0 Å². The van der Waals surface area contributed by atoms with E-state index in [4.69, 9.17) is 0 Å². The highest BCUT2D eigenvalue weighted by Gasteiger charge is 2.49. The molecule has 2 unspecified atom stereocenters. The Balaban J connectivity index is 1.66. The third-order valence-corrected chi connectivity index (χ3v) is 7.08. The zero-order chi connectivity index (χ0) is 17.1. The first-order chi connectivity index (χ1) is 11.4. The molecule has 4 rings (SSSR count). The molecule has 1 aromatic rings. The molecule has 0 saturated carbocycles.